The van der Waals surface area contributed by atoms with E-state index in [9.17, 15) is 8.42 Å². The number of hydrogen-bond donors (Lipinski definition) is 2. The Kier molecular flexibility index (Phi) is 5.13. The molecule has 0 saturated heterocycles. The molecule has 0 aliphatic heterocycles. The van der Waals surface area contributed by atoms with Crippen molar-refractivity contribution in [3.05, 3.63) is 57.5 Å². The molecule has 0 unspecified atom stereocenters. The number of sulfonamides is 1. The van der Waals surface area contributed by atoms with E-state index in [1.807, 2.05) is 24.3 Å². The summed E-state index contributed by atoms with van der Waals surface area (Å²) in [7, 11) is -3.33. The van der Waals surface area contributed by atoms with Gasteiger partial charge >= 0.3 is 0 Å². The van der Waals surface area contributed by atoms with E-state index < -0.39 is 10.0 Å². The molecule has 0 aliphatic carbocycles. The first-order valence-electron chi connectivity index (χ1n) is 6.10. The standard InChI is InChI=1S/C14H14BrClN2O2S/c1-21(19,20)18-14-7-6-11(8-13(14)16)17-9-10-4-2-3-5-12(10)15/h2-8,17-18H,9H2,1H3. The Balaban J connectivity index is 2.09. The summed E-state index contributed by atoms with van der Waals surface area (Å²) in [6, 6.07) is 13.0. The Morgan fingerprint density at radius 3 is 2.52 bits per heavy atom. The fourth-order valence-corrected chi connectivity index (χ4v) is 3.03. The summed E-state index contributed by atoms with van der Waals surface area (Å²) < 4.78 is 25.8. The van der Waals surface area contributed by atoms with E-state index in [1.165, 1.54) is 0 Å². The molecule has 0 atom stereocenters. The summed E-state index contributed by atoms with van der Waals surface area (Å²) in [6.07, 6.45) is 1.09. The number of benzene rings is 2. The maximum atomic E-state index is 11.2. The van der Waals surface area contributed by atoms with Crippen molar-refractivity contribution < 1.29 is 8.42 Å². The van der Waals surface area contributed by atoms with Gasteiger partial charge in [-0.05, 0) is 29.8 Å². The maximum absolute atomic E-state index is 11.2. The van der Waals surface area contributed by atoms with Crippen LogP contribution in [0.4, 0.5) is 11.4 Å². The molecule has 4 nitrogen and oxygen atoms in total. The zero-order valence-electron chi connectivity index (χ0n) is 11.2. The number of anilines is 2. The monoisotopic (exact) mass is 388 g/mol. The summed E-state index contributed by atoms with van der Waals surface area (Å²) in [4.78, 5) is 0. The minimum Gasteiger partial charge on any atom is -0.381 e. The smallest absolute Gasteiger partial charge is 0.229 e. The number of halogens is 2. The summed E-state index contributed by atoms with van der Waals surface area (Å²) in [6.45, 7) is 0.636. The van der Waals surface area contributed by atoms with Crippen molar-refractivity contribution in [3.63, 3.8) is 0 Å². The van der Waals surface area contributed by atoms with E-state index in [1.54, 1.807) is 18.2 Å². The fourth-order valence-electron chi connectivity index (χ4n) is 1.75. The maximum Gasteiger partial charge on any atom is 0.229 e. The van der Waals surface area contributed by atoms with Crippen molar-refractivity contribution in [2.24, 2.45) is 0 Å². The highest BCUT2D eigenvalue weighted by Gasteiger charge is 2.07. The lowest BCUT2D eigenvalue weighted by Crippen LogP contribution is -2.10. The molecule has 7 heteroatoms. The van der Waals surface area contributed by atoms with E-state index in [-0.39, 0.29) is 0 Å². The molecule has 21 heavy (non-hydrogen) atoms. The molecule has 0 aromatic heterocycles. The third-order valence-electron chi connectivity index (χ3n) is 2.71. The fraction of sp³-hybridized carbons (Fsp3) is 0.143. The van der Waals surface area contributed by atoms with Gasteiger partial charge in [0.15, 0.2) is 0 Å². The third kappa shape index (κ3) is 4.91. The molecular formula is C14H14BrClN2O2S. The van der Waals surface area contributed by atoms with Crippen LogP contribution in [-0.4, -0.2) is 14.7 Å². The van der Waals surface area contributed by atoms with Crippen LogP contribution in [-0.2, 0) is 16.6 Å². The van der Waals surface area contributed by atoms with Crippen LogP contribution in [0, 0.1) is 0 Å². The van der Waals surface area contributed by atoms with Crippen LogP contribution in [0.1, 0.15) is 5.56 Å². The molecule has 2 N–H and O–H groups in total. The van der Waals surface area contributed by atoms with Gasteiger partial charge < -0.3 is 5.32 Å². The normalized spacial score (nSPS) is 11.2. The van der Waals surface area contributed by atoms with Gasteiger partial charge in [-0.15, -0.1) is 0 Å². The van der Waals surface area contributed by atoms with E-state index in [0.29, 0.717) is 17.3 Å². The SMILES string of the molecule is CS(=O)(=O)Nc1ccc(NCc2ccccc2Br)cc1Cl. The molecule has 0 spiro atoms. The lowest BCUT2D eigenvalue weighted by molar-refractivity contribution is 0.607. The van der Waals surface area contributed by atoms with Crippen LogP contribution < -0.4 is 10.0 Å². The first-order valence-corrected chi connectivity index (χ1v) is 9.16. The predicted molar refractivity (Wildman–Crippen MR) is 91.4 cm³/mol. The number of hydrogen-bond acceptors (Lipinski definition) is 3. The Morgan fingerprint density at radius 2 is 1.90 bits per heavy atom. The summed E-state index contributed by atoms with van der Waals surface area (Å²) in [5, 5.41) is 3.59. The van der Waals surface area contributed by atoms with E-state index in [4.69, 9.17) is 11.6 Å². The summed E-state index contributed by atoms with van der Waals surface area (Å²) in [5.74, 6) is 0. The predicted octanol–water partition coefficient (Wildman–Crippen LogP) is 4.09. The van der Waals surface area contributed by atoms with Crippen molar-refractivity contribution in [2.75, 3.05) is 16.3 Å². The average molecular weight is 390 g/mol. The first-order chi connectivity index (χ1) is 9.85. The number of nitrogens with one attached hydrogen (secondary N) is 2. The van der Waals surface area contributed by atoms with Gasteiger partial charge in [0, 0.05) is 16.7 Å². The van der Waals surface area contributed by atoms with Gasteiger partial charge in [0.05, 0.1) is 17.0 Å². The molecule has 2 aromatic carbocycles. The molecule has 2 rings (SSSR count). The molecule has 0 amide bonds. The Morgan fingerprint density at radius 1 is 1.19 bits per heavy atom. The highest BCUT2D eigenvalue weighted by Crippen LogP contribution is 2.27. The Bertz CT molecular complexity index is 750. The van der Waals surface area contributed by atoms with E-state index >= 15 is 0 Å². The topological polar surface area (TPSA) is 58.2 Å². The lowest BCUT2D eigenvalue weighted by Gasteiger charge is -2.11. The molecule has 0 bridgehead atoms. The second kappa shape index (κ2) is 6.68. The van der Waals surface area contributed by atoms with Crippen molar-refractivity contribution in [1.29, 1.82) is 0 Å². The Hall–Kier alpha value is -1.24. The molecule has 2 aromatic rings. The van der Waals surface area contributed by atoms with Crippen LogP contribution in [0.3, 0.4) is 0 Å². The first kappa shape index (κ1) is 16.1. The van der Waals surface area contributed by atoms with Gasteiger partial charge in [-0.1, -0.05) is 45.7 Å². The van der Waals surface area contributed by atoms with Crippen molar-refractivity contribution >= 4 is 48.9 Å². The van der Waals surface area contributed by atoms with Crippen molar-refractivity contribution in [2.45, 2.75) is 6.54 Å². The van der Waals surface area contributed by atoms with Crippen LogP contribution in [0.2, 0.25) is 5.02 Å². The summed E-state index contributed by atoms with van der Waals surface area (Å²) >= 11 is 9.56. The van der Waals surface area contributed by atoms with Gasteiger partial charge in [-0.2, -0.15) is 0 Å². The average Bonchev–Trinajstić information content (AvgIpc) is 2.39. The molecule has 112 valence electrons. The molecule has 0 saturated carbocycles. The van der Waals surface area contributed by atoms with Crippen LogP contribution in [0.25, 0.3) is 0 Å². The largest absolute Gasteiger partial charge is 0.381 e. The van der Waals surface area contributed by atoms with Crippen LogP contribution in [0.5, 0.6) is 0 Å². The van der Waals surface area contributed by atoms with Crippen molar-refractivity contribution in [1.82, 2.24) is 0 Å². The van der Waals surface area contributed by atoms with E-state index in [2.05, 4.69) is 26.0 Å². The zero-order chi connectivity index (χ0) is 15.5. The minimum atomic E-state index is -3.33. The molecular weight excluding hydrogens is 376 g/mol. The van der Waals surface area contributed by atoms with Crippen molar-refractivity contribution in [3.8, 4) is 0 Å². The minimum absolute atomic E-state index is 0.345. The van der Waals surface area contributed by atoms with Crippen LogP contribution in [0.15, 0.2) is 46.9 Å². The highest BCUT2D eigenvalue weighted by atomic mass is 79.9. The van der Waals surface area contributed by atoms with Gasteiger partial charge in [-0.3, -0.25) is 4.72 Å². The zero-order valence-corrected chi connectivity index (χ0v) is 14.4. The quantitative estimate of drug-likeness (QED) is 0.810. The second-order valence-corrected chi connectivity index (χ2v) is 7.52. The van der Waals surface area contributed by atoms with Crippen LogP contribution >= 0.6 is 27.5 Å². The molecule has 0 radical (unpaired) electrons. The Labute approximate surface area is 137 Å². The van der Waals surface area contributed by atoms with Gasteiger partial charge in [0.1, 0.15) is 0 Å². The van der Waals surface area contributed by atoms with Gasteiger partial charge in [0.2, 0.25) is 10.0 Å². The summed E-state index contributed by atoms with van der Waals surface area (Å²) in [5.41, 5.74) is 2.30. The van der Waals surface area contributed by atoms with E-state index in [0.717, 1.165) is 22.0 Å². The van der Waals surface area contributed by atoms with Gasteiger partial charge in [-0.25, -0.2) is 8.42 Å². The third-order valence-corrected chi connectivity index (χ3v) is 4.38. The second-order valence-electron chi connectivity index (χ2n) is 4.51. The molecule has 0 heterocycles. The number of rotatable bonds is 5. The molecule has 0 aliphatic rings. The van der Waals surface area contributed by atoms with Gasteiger partial charge in [0.25, 0.3) is 0 Å². The molecule has 0 fully saturated rings. The highest BCUT2D eigenvalue weighted by molar-refractivity contribution is 9.10. The lowest BCUT2D eigenvalue weighted by atomic mass is 10.2.